The predicted molar refractivity (Wildman–Crippen MR) is 138 cm³/mol. The first kappa shape index (κ1) is 26.3. The highest BCUT2D eigenvalue weighted by Crippen LogP contribution is 2.53. The number of hydrogen-bond acceptors (Lipinski definition) is 3. The highest BCUT2D eigenvalue weighted by molar-refractivity contribution is 8.29. The fraction of sp³-hybridized carbons (Fsp3) is 0.731. The molecule has 0 unspecified atom stereocenters. The number of carbonyl (C=O) groups is 1. The minimum atomic E-state index is -1.61. The summed E-state index contributed by atoms with van der Waals surface area (Å²) in [6.07, 6.45) is 1.85. The molecule has 1 aromatic rings. The van der Waals surface area contributed by atoms with Crippen LogP contribution in [0.3, 0.4) is 0 Å². The first-order valence-electron chi connectivity index (χ1n) is 12.1. The van der Waals surface area contributed by atoms with E-state index in [1.165, 1.54) is 16.0 Å². The van der Waals surface area contributed by atoms with E-state index in [1.54, 1.807) is 0 Å². The van der Waals surface area contributed by atoms with Gasteiger partial charge in [0.1, 0.15) is 12.8 Å². The van der Waals surface area contributed by atoms with E-state index in [2.05, 4.69) is 77.9 Å². The van der Waals surface area contributed by atoms with Gasteiger partial charge in [-0.1, -0.05) is 59.2 Å². The lowest BCUT2D eigenvalue weighted by atomic mass is 9.89. The molecule has 1 aliphatic heterocycles. The molecule has 1 amide bonds. The maximum Gasteiger partial charge on any atom is 0.410 e. The molecule has 0 bridgehead atoms. The minimum absolute atomic E-state index is 0.171. The lowest BCUT2D eigenvalue weighted by Gasteiger charge is -2.43. The molecule has 1 aliphatic rings. The van der Waals surface area contributed by atoms with Crippen LogP contribution in [0.2, 0.25) is 16.6 Å². The van der Waals surface area contributed by atoms with Crippen molar-refractivity contribution < 1.29 is 9.53 Å². The number of nitrogens with zero attached hydrogens (tertiary/aromatic N) is 1. The predicted octanol–water partition coefficient (Wildman–Crippen LogP) is 8.38. The van der Waals surface area contributed by atoms with Crippen LogP contribution in [0.4, 0.5) is 4.79 Å². The van der Waals surface area contributed by atoms with Gasteiger partial charge in [0.2, 0.25) is 0 Å². The normalized spacial score (nSPS) is 16.5. The number of piperidine rings is 1. The molecule has 0 radical (unpaired) electrons. The van der Waals surface area contributed by atoms with Crippen LogP contribution in [0.25, 0.3) is 0 Å². The molecule has 0 saturated carbocycles. The molecular weight excluding hydrogens is 418 g/mol. The van der Waals surface area contributed by atoms with Crippen molar-refractivity contribution in [3.05, 3.63) is 29.3 Å². The van der Waals surface area contributed by atoms with Gasteiger partial charge in [0.15, 0.2) is 0 Å². The van der Waals surface area contributed by atoms with Crippen LogP contribution in [0.15, 0.2) is 23.1 Å². The molecule has 5 heteroatoms. The Hall–Kier alpha value is -0.943. The first-order valence-corrected chi connectivity index (χ1v) is 15.8. The van der Waals surface area contributed by atoms with Crippen LogP contribution in [0.5, 0.6) is 0 Å². The number of aryl methyl sites for hydroxylation is 1. The number of likely N-dealkylation sites (tertiary alicyclic amines) is 1. The third-order valence-corrected chi connectivity index (χ3v) is 19.1. The summed E-state index contributed by atoms with van der Waals surface area (Å²) in [5, 5.41) is 0. The van der Waals surface area contributed by atoms with Gasteiger partial charge in [-0.15, -0.1) is 11.2 Å². The topological polar surface area (TPSA) is 29.5 Å². The highest BCUT2D eigenvalue weighted by Gasteiger charge is 2.44. The van der Waals surface area contributed by atoms with Crippen LogP contribution in [-0.4, -0.2) is 36.9 Å². The van der Waals surface area contributed by atoms with Gasteiger partial charge in [0, 0.05) is 18.0 Å². The Kier molecular flexibility index (Phi) is 8.77. The van der Waals surface area contributed by atoms with Gasteiger partial charge in [-0.05, 0) is 74.7 Å². The standard InChI is InChI=1S/C26H45NO2SSi/c1-18(2)31(19(3)4,20(5)6)30-24-12-11-21(7)17-23(24)22-13-15-27(16-14-22)25(28)29-26(8,9)10/h11-12,17-20,22H,13-16H2,1-10H3. The van der Waals surface area contributed by atoms with E-state index in [0.717, 1.165) is 42.6 Å². The smallest absolute Gasteiger partial charge is 0.410 e. The van der Waals surface area contributed by atoms with Crippen molar-refractivity contribution in [3.8, 4) is 0 Å². The molecule has 0 spiro atoms. The van der Waals surface area contributed by atoms with Gasteiger partial charge >= 0.3 is 6.09 Å². The average molecular weight is 464 g/mol. The number of ether oxygens (including phenoxy) is 1. The monoisotopic (exact) mass is 463 g/mol. The van der Waals surface area contributed by atoms with Crippen LogP contribution in [0, 0.1) is 6.92 Å². The molecule has 0 aliphatic carbocycles. The number of hydrogen-bond donors (Lipinski definition) is 0. The number of carbonyl (C=O) groups excluding carboxylic acids is 1. The van der Waals surface area contributed by atoms with E-state index in [4.69, 9.17) is 4.74 Å². The van der Waals surface area contributed by atoms with E-state index < -0.39 is 12.8 Å². The number of amides is 1. The summed E-state index contributed by atoms with van der Waals surface area (Å²) in [7, 11) is -1.61. The van der Waals surface area contributed by atoms with Gasteiger partial charge in [0.05, 0.1) is 0 Å². The zero-order chi connectivity index (χ0) is 23.6. The maximum atomic E-state index is 12.5. The van der Waals surface area contributed by atoms with Crippen molar-refractivity contribution >= 4 is 24.5 Å². The number of rotatable bonds is 6. The van der Waals surface area contributed by atoms with E-state index in [0.29, 0.717) is 5.92 Å². The van der Waals surface area contributed by atoms with Gasteiger partial charge < -0.3 is 9.64 Å². The third kappa shape index (κ3) is 6.31. The molecule has 0 atom stereocenters. The summed E-state index contributed by atoms with van der Waals surface area (Å²) in [6.45, 7) is 24.2. The summed E-state index contributed by atoms with van der Waals surface area (Å²) < 4.78 is 5.59. The van der Waals surface area contributed by atoms with Gasteiger partial charge in [0.25, 0.3) is 0 Å². The highest BCUT2D eigenvalue weighted by atomic mass is 32.4. The van der Waals surface area contributed by atoms with Crippen LogP contribution >= 0.6 is 11.2 Å². The summed E-state index contributed by atoms with van der Waals surface area (Å²) in [5.74, 6) is 0.513. The summed E-state index contributed by atoms with van der Waals surface area (Å²) in [5.41, 5.74) is 4.57. The first-order chi connectivity index (χ1) is 14.3. The number of benzene rings is 1. The van der Waals surface area contributed by atoms with Gasteiger partial charge in [-0.25, -0.2) is 4.79 Å². The second-order valence-electron chi connectivity index (χ2n) is 11.2. The molecular formula is C26H45NO2SSi. The van der Waals surface area contributed by atoms with Crippen molar-refractivity contribution in [1.29, 1.82) is 0 Å². The van der Waals surface area contributed by atoms with Crippen molar-refractivity contribution in [3.63, 3.8) is 0 Å². The molecule has 2 rings (SSSR count). The largest absolute Gasteiger partial charge is 0.444 e. The summed E-state index contributed by atoms with van der Waals surface area (Å²) in [4.78, 5) is 15.9. The Balaban J connectivity index is 2.26. The summed E-state index contributed by atoms with van der Waals surface area (Å²) in [6, 6.07) is 7.07. The maximum absolute atomic E-state index is 12.5. The molecule has 0 N–H and O–H groups in total. The quantitative estimate of drug-likeness (QED) is 0.397. The van der Waals surface area contributed by atoms with Crippen LogP contribution < -0.4 is 0 Å². The van der Waals surface area contributed by atoms with E-state index >= 15 is 0 Å². The fourth-order valence-electron chi connectivity index (χ4n) is 5.32. The van der Waals surface area contributed by atoms with Crippen molar-refractivity contribution in [2.45, 2.75) is 115 Å². The molecule has 1 fully saturated rings. The van der Waals surface area contributed by atoms with E-state index in [-0.39, 0.29) is 6.09 Å². The molecule has 31 heavy (non-hydrogen) atoms. The lowest BCUT2D eigenvalue weighted by Crippen LogP contribution is -2.42. The van der Waals surface area contributed by atoms with Crippen LogP contribution in [0.1, 0.15) is 92.2 Å². The van der Waals surface area contributed by atoms with E-state index in [1.807, 2.05) is 25.7 Å². The second-order valence-corrected chi connectivity index (χ2v) is 19.8. The zero-order valence-electron chi connectivity index (χ0n) is 21.5. The van der Waals surface area contributed by atoms with Crippen molar-refractivity contribution in [2.75, 3.05) is 13.1 Å². The molecule has 1 heterocycles. The Bertz CT molecular complexity index is 724. The van der Waals surface area contributed by atoms with Gasteiger partial charge in [-0.3, -0.25) is 0 Å². The fourth-order valence-corrected chi connectivity index (χ4v) is 14.7. The second kappa shape index (κ2) is 10.3. The summed E-state index contributed by atoms with van der Waals surface area (Å²) >= 11 is 2.24. The molecule has 1 saturated heterocycles. The average Bonchev–Trinajstić information content (AvgIpc) is 2.64. The van der Waals surface area contributed by atoms with E-state index in [9.17, 15) is 4.79 Å². The SMILES string of the molecule is Cc1ccc(S[Si](C(C)C)(C(C)C)C(C)C)c(C2CCN(C(=O)OC(C)(C)C)CC2)c1. The molecule has 1 aromatic carbocycles. The minimum Gasteiger partial charge on any atom is -0.444 e. The Morgan fingerprint density at radius 1 is 1.03 bits per heavy atom. The molecule has 0 aromatic heterocycles. The Morgan fingerprint density at radius 3 is 2.00 bits per heavy atom. The van der Waals surface area contributed by atoms with Crippen molar-refractivity contribution in [1.82, 2.24) is 4.90 Å². The third-order valence-electron chi connectivity index (χ3n) is 6.75. The van der Waals surface area contributed by atoms with Gasteiger partial charge in [-0.2, -0.15) is 0 Å². The Labute approximate surface area is 196 Å². The molecule has 3 nitrogen and oxygen atoms in total. The van der Waals surface area contributed by atoms with Crippen molar-refractivity contribution in [2.24, 2.45) is 0 Å². The van der Waals surface area contributed by atoms with Crippen LogP contribution in [-0.2, 0) is 4.74 Å². The molecule has 176 valence electrons. The lowest BCUT2D eigenvalue weighted by molar-refractivity contribution is 0.0204. The zero-order valence-corrected chi connectivity index (χ0v) is 23.4. The Morgan fingerprint density at radius 2 is 1.55 bits per heavy atom.